The van der Waals surface area contributed by atoms with Gasteiger partial charge in [-0.2, -0.15) is 0 Å². The molecule has 13 heteroatoms. The predicted octanol–water partition coefficient (Wildman–Crippen LogP) is 10.3. The minimum absolute atomic E-state index is 0.109. The zero-order valence-corrected chi connectivity index (χ0v) is 33.3. The maximum atomic E-state index is 14.4. The Morgan fingerprint density at radius 1 is 0.873 bits per heavy atom. The number of ether oxygens (including phenoxy) is 2. The fourth-order valence-electron chi connectivity index (χ4n) is 5.93. The molecule has 3 aromatic carbocycles. The van der Waals surface area contributed by atoms with Crippen LogP contribution in [-0.2, 0) is 25.3 Å². The first kappa shape index (κ1) is 42.7. The second kappa shape index (κ2) is 17.6. The van der Waals surface area contributed by atoms with Crippen LogP contribution < -0.4 is 10.1 Å². The van der Waals surface area contributed by atoms with Crippen molar-refractivity contribution in [2.24, 2.45) is 0 Å². The van der Waals surface area contributed by atoms with E-state index >= 15 is 0 Å². The third-order valence-electron chi connectivity index (χ3n) is 9.50. The number of allylic oxidation sites excluding steroid dienone is 1. The first-order chi connectivity index (χ1) is 25.7. The van der Waals surface area contributed by atoms with E-state index in [9.17, 15) is 31.9 Å². The van der Waals surface area contributed by atoms with E-state index < -0.39 is 44.2 Å². The number of ketones is 1. The molecule has 0 bridgehead atoms. The van der Waals surface area contributed by atoms with Gasteiger partial charge >= 0.3 is 12.3 Å². The van der Waals surface area contributed by atoms with Crippen molar-refractivity contribution in [3.05, 3.63) is 108 Å². The summed E-state index contributed by atoms with van der Waals surface area (Å²) in [6, 6.07) is 19.9. The molecule has 1 heterocycles. The second-order valence-corrected chi connectivity index (χ2v) is 19.7. The molecule has 1 aromatic heterocycles. The van der Waals surface area contributed by atoms with Crippen LogP contribution in [0.3, 0.4) is 0 Å². The highest BCUT2D eigenvalue weighted by molar-refractivity contribution is 6.74. The van der Waals surface area contributed by atoms with Crippen LogP contribution in [0.1, 0.15) is 75.2 Å². The highest BCUT2D eigenvalue weighted by atomic mass is 28.4. The number of hydrogen-bond donors (Lipinski definition) is 1. The number of methoxy groups -OCH3 is 1. The fourth-order valence-corrected chi connectivity index (χ4v) is 7.28. The maximum Gasteiger partial charge on any atom is 0.573 e. The molecule has 4 rings (SSSR count). The predicted molar refractivity (Wildman–Crippen MR) is 207 cm³/mol. The molecule has 0 spiro atoms. The van der Waals surface area contributed by atoms with Gasteiger partial charge in [0, 0.05) is 30.1 Å². The number of halogens is 4. The van der Waals surface area contributed by atoms with E-state index in [0.29, 0.717) is 33.5 Å². The van der Waals surface area contributed by atoms with Crippen LogP contribution in [0.2, 0.25) is 18.1 Å². The average molecular weight is 781 g/mol. The van der Waals surface area contributed by atoms with Gasteiger partial charge in [0.2, 0.25) is 0 Å². The Morgan fingerprint density at radius 3 is 2.09 bits per heavy atom. The van der Waals surface area contributed by atoms with Gasteiger partial charge in [-0.1, -0.05) is 75.4 Å². The number of nitrogens with one attached hydrogen (secondary N) is 1. The van der Waals surface area contributed by atoms with Crippen LogP contribution in [0.5, 0.6) is 5.75 Å². The van der Waals surface area contributed by atoms with E-state index in [1.807, 2.05) is 57.3 Å². The van der Waals surface area contributed by atoms with E-state index in [2.05, 4.69) is 30.8 Å². The van der Waals surface area contributed by atoms with E-state index in [0.717, 1.165) is 0 Å². The van der Waals surface area contributed by atoms with Crippen molar-refractivity contribution in [1.29, 1.82) is 0 Å². The number of hydrogen-bond acceptors (Lipinski definition) is 6. The molecule has 0 fully saturated rings. The SMILES string of the molecule is COC(=O)C[C@H](CC(=O)/C=C/c1c(-c2ccc(F)cc2)c(-c2ccccc2)c(C(=O)NCc2cccc(OC(F)(F)F)c2)n1C(C)C)O[Si](C)(C)C(C)(C)C. The van der Waals surface area contributed by atoms with E-state index in [1.165, 1.54) is 43.5 Å². The smallest absolute Gasteiger partial charge is 0.469 e. The summed E-state index contributed by atoms with van der Waals surface area (Å²) in [5, 5.41) is 2.67. The minimum atomic E-state index is -4.88. The van der Waals surface area contributed by atoms with Gasteiger partial charge in [-0.25, -0.2) is 4.39 Å². The van der Waals surface area contributed by atoms with Gasteiger partial charge < -0.3 is 23.8 Å². The summed E-state index contributed by atoms with van der Waals surface area (Å²) in [7, 11) is -1.12. The number of nitrogens with zero attached hydrogens (tertiary/aromatic N) is 1. The zero-order chi connectivity index (χ0) is 40.7. The van der Waals surface area contributed by atoms with Crippen molar-refractivity contribution in [3.63, 3.8) is 0 Å². The summed E-state index contributed by atoms with van der Waals surface area (Å²) in [6.45, 7) is 13.9. The molecule has 0 aliphatic rings. The van der Waals surface area contributed by atoms with Gasteiger partial charge in [0.15, 0.2) is 14.1 Å². The van der Waals surface area contributed by atoms with Crippen molar-refractivity contribution in [3.8, 4) is 28.0 Å². The minimum Gasteiger partial charge on any atom is -0.469 e. The third kappa shape index (κ3) is 11.3. The van der Waals surface area contributed by atoms with Crippen molar-refractivity contribution in [1.82, 2.24) is 9.88 Å². The Hall–Kier alpha value is -5.01. The van der Waals surface area contributed by atoms with E-state index in [-0.39, 0.29) is 41.9 Å². The molecule has 55 heavy (non-hydrogen) atoms. The average Bonchev–Trinajstić information content (AvgIpc) is 3.44. The van der Waals surface area contributed by atoms with Crippen LogP contribution in [0.4, 0.5) is 17.6 Å². The molecule has 0 saturated heterocycles. The number of amides is 1. The van der Waals surface area contributed by atoms with Gasteiger partial charge in [0.25, 0.3) is 5.91 Å². The molecule has 1 N–H and O–H groups in total. The van der Waals surface area contributed by atoms with Gasteiger partial charge in [-0.15, -0.1) is 13.2 Å². The molecule has 4 aromatic rings. The Labute approximate surface area is 320 Å². The summed E-state index contributed by atoms with van der Waals surface area (Å²) in [4.78, 5) is 40.5. The Morgan fingerprint density at radius 2 is 1.51 bits per heavy atom. The molecule has 0 saturated carbocycles. The van der Waals surface area contributed by atoms with Crippen molar-refractivity contribution in [2.75, 3.05) is 7.11 Å². The largest absolute Gasteiger partial charge is 0.573 e. The van der Waals surface area contributed by atoms with E-state index in [4.69, 9.17) is 9.16 Å². The Kier molecular flexibility index (Phi) is 13.7. The molecular formula is C42H48F4N2O6Si. The maximum absolute atomic E-state index is 14.4. The number of alkyl halides is 3. The summed E-state index contributed by atoms with van der Waals surface area (Å²) >= 11 is 0. The van der Waals surface area contributed by atoms with Crippen LogP contribution in [0.25, 0.3) is 28.3 Å². The molecule has 294 valence electrons. The molecule has 1 atom stereocenters. The standard InChI is InChI=1S/C42H48F4N2O6Si/c1-27(2)48-35(22-21-32(49)24-34(25-36(50)52-6)54-55(7,8)41(3,4)5)37(30-17-19-31(43)20-18-30)38(29-14-10-9-11-15-29)39(48)40(51)47-26-28-13-12-16-33(23-28)53-42(44,45)46/h9-23,27,34H,24-26H2,1-8H3,(H,47,51)/b22-21+/t34-/m0/s1. The lowest BCUT2D eigenvalue weighted by molar-refractivity contribution is -0.274. The van der Waals surface area contributed by atoms with Crippen molar-refractivity contribution in [2.45, 2.75) is 90.6 Å². The molecule has 8 nitrogen and oxygen atoms in total. The lowest BCUT2D eigenvalue weighted by Gasteiger charge is -2.39. The molecule has 0 radical (unpaired) electrons. The molecule has 0 aliphatic heterocycles. The first-order valence-electron chi connectivity index (χ1n) is 17.9. The van der Waals surface area contributed by atoms with Crippen LogP contribution >= 0.6 is 0 Å². The summed E-state index contributed by atoms with van der Waals surface area (Å²) in [5.41, 5.74) is 3.36. The first-order valence-corrected chi connectivity index (χ1v) is 20.8. The summed E-state index contributed by atoms with van der Waals surface area (Å²) in [6.07, 6.45) is -2.83. The zero-order valence-electron chi connectivity index (χ0n) is 32.3. The number of benzene rings is 3. The number of rotatable bonds is 15. The van der Waals surface area contributed by atoms with Gasteiger partial charge in [0.1, 0.15) is 17.3 Å². The van der Waals surface area contributed by atoms with Crippen molar-refractivity contribution < 1.29 is 45.8 Å². The van der Waals surface area contributed by atoms with Gasteiger partial charge in [-0.3, -0.25) is 14.4 Å². The fraction of sp³-hybridized carbons (Fsp3) is 0.357. The van der Waals surface area contributed by atoms with Crippen LogP contribution in [-0.4, -0.2) is 50.1 Å². The topological polar surface area (TPSA) is 95.9 Å². The normalized spacial score (nSPS) is 12.9. The molecule has 0 unspecified atom stereocenters. The molecule has 1 amide bonds. The number of carbonyl (C=O) groups is 3. The van der Waals surface area contributed by atoms with Crippen LogP contribution in [0.15, 0.2) is 84.9 Å². The quantitative estimate of drug-likeness (QED) is 0.0559. The Bertz CT molecular complexity index is 2000. The summed E-state index contributed by atoms with van der Waals surface area (Å²) in [5.74, 6) is -2.26. The van der Waals surface area contributed by atoms with Gasteiger partial charge in [0.05, 0.1) is 25.3 Å². The number of carbonyl (C=O) groups excluding carboxylic acids is 3. The van der Waals surface area contributed by atoms with Crippen LogP contribution in [0, 0.1) is 5.82 Å². The number of esters is 1. The van der Waals surface area contributed by atoms with Crippen molar-refractivity contribution >= 4 is 32.1 Å². The summed E-state index contributed by atoms with van der Waals surface area (Å²) < 4.78 is 70.3. The third-order valence-corrected chi connectivity index (χ3v) is 14.0. The highest BCUT2D eigenvalue weighted by Crippen LogP contribution is 2.43. The lowest BCUT2D eigenvalue weighted by atomic mass is 9.94. The van der Waals surface area contributed by atoms with Gasteiger partial charge in [-0.05, 0) is 85.1 Å². The second-order valence-electron chi connectivity index (χ2n) is 15.0. The molecular weight excluding hydrogens is 733 g/mol. The lowest BCUT2D eigenvalue weighted by Crippen LogP contribution is -2.44. The monoisotopic (exact) mass is 780 g/mol. The molecule has 0 aliphatic carbocycles. The Balaban J connectivity index is 1.85. The van der Waals surface area contributed by atoms with E-state index in [1.54, 1.807) is 28.8 Å². The number of aromatic nitrogens is 1. The highest BCUT2D eigenvalue weighted by Gasteiger charge is 2.40.